The summed E-state index contributed by atoms with van der Waals surface area (Å²) in [5, 5.41) is 103. The predicted molar refractivity (Wildman–Crippen MR) is 299 cm³/mol. The Bertz CT molecular complexity index is 2280. The number of hydrogen-bond acceptors (Lipinski definition) is 17. The van der Waals surface area contributed by atoms with E-state index in [-0.39, 0.29) is 49.9 Å². The zero-order valence-corrected chi connectivity index (χ0v) is 48.9. The van der Waals surface area contributed by atoms with Crippen molar-refractivity contribution in [2.24, 2.45) is 23.5 Å². The van der Waals surface area contributed by atoms with Crippen LogP contribution < -0.4 is 32.3 Å². The highest BCUT2D eigenvalue weighted by Crippen LogP contribution is 2.29. The first-order valence-corrected chi connectivity index (χ1v) is 29.5. The molecule has 25 heteroatoms. The lowest BCUT2D eigenvalue weighted by Crippen LogP contribution is -2.65. The number of rotatable bonds is 23. The van der Waals surface area contributed by atoms with Crippen LogP contribution in [0.2, 0.25) is 0 Å². The molecule has 0 unspecified atom stereocenters. The van der Waals surface area contributed by atoms with E-state index in [9.17, 15) is 74.4 Å². The SMILES string of the molecule is CC[C@H](C)C[C@H](C)CCCCCCCCC(=O)N[C@H]1C[C@@H](O)[C@@H](OC[C@@H]2CC[N+]2(C)C)NC(=O)[C@@H]2[C@@H](O)[C@@H](C)CN2C(=O)[C@H]([C@H](O)CCN)NC(=O)[C@H]([C@H](O)[C@@H](O)c2ccc(O)cc2)NC(=O)[C@@H]2C[C@@H](O)CN2C(=O)[C@H]([C@@H](C)O)NC1=O. The predicted octanol–water partition coefficient (Wildman–Crippen LogP) is -1.75. The fraction of sp³-hybridized carbons (Fsp3) is 0.772. The Morgan fingerprint density at radius 1 is 0.768 bits per heavy atom. The van der Waals surface area contributed by atoms with E-state index in [2.05, 4.69) is 47.4 Å². The van der Waals surface area contributed by atoms with Crippen LogP contribution in [-0.4, -0.2) is 229 Å². The third-order valence-electron chi connectivity index (χ3n) is 17.2. The van der Waals surface area contributed by atoms with Gasteiger partial charge in [0.25, 0.3) is 0 Å². The third-order valence-corrected chi connectivity index (χ3v) is 17.2. The molecule has 4 fully saturated rings. The molecule has 0 radical (unpaired) electrons. The number of ether oxygens (including phenoxy) is 1. The molecular formula is C57H96N9O16+. The number of likely N-dealkylation sites (N-methyl/N-ethyl adjacent to an activating group) is 1. The van der Waals surface area contributed by atoms with Crippen LogP contribution in [0.3, 0.4) is 0 Å². The van der Waals surface area contributed by atoms with Crippen molar-refractivity contribution in [1.82, 2.24) is 36.4 Å². The maximum absolute atomic E-state index is 14.9. The number of nitrogens with zero attached hydrogens (tertiary/aromatic N) is 3. The Labute approximate surface area is 481 Å². The van der Waals surface area contributed by atoms with Gasteiger partial charge in [0.05, 0.1) is 51.5 Å². The molecule has 4 aliphatic rings. The van der Waals surface area contributed by atoms with Gasteiger partial charge in [-0.05, 0) is 62.3 Å². The maximum atomic E-state index is 14.9. The molecule has 464 valence electrons. The van der Waals surface area contributed by atoms with Crippen molar-refractivity contribution in [2.75, 3.05) is 46.9 Å². The number of hydrogen-bond donors (Lipinski definition) is 14. The standard InChI is InChI=1S/C57H95N9O16/c1-8-31(2)25-32(3)15-13-11-9-10-12-14-16-43(72)59-39-27-42(71)55(82-30-36-22-24-66(36,6)7)63-54(79)47-48(73)33(4)28-65(47)57(81)45(41(70)21-23-58)61-53(78)46(50(75)49(74)35-17-19-37(68)20-18-35)62-52(77)40-26-38(69)29-64(40)56(80)44(34(5)67)60-51(39)76/h17-20,31-34,36,38-42,44-50,55,67,69-71,73-75H,8-16,21-30,58H2,1-7H3,(H5-,59,60,61,62,63,68,72,76,77,78,79)/p+1/t31-,32+,33-,34+,36-,38+,39-,40-,41+,42+,44-,45-,46-,47-,48-,49-,50-,55+/m0/s1. The average Bonchev–Trinajstić information content (AvgIpc) is 4.08. The van der Waals surface area contributed by atoms with E-state index in [1.165, 1.54) is 44.5 Å². The summed E-state index contributed by atoms with van der Waals surface area (Å²) in [6.07, 6.45) is -6.44. The largest absolute Gasteiger partial charge is 0.508 e. The Morgan fingerprint density at radius 2 is 1.39 bits per heavy atom. The van der Waals surface area contributed by atoms with Crippen LogP contribution in [0, 0.1) is 17.8 Å². The number of nitrogens with one attached hydrogen (secondary N) is 5. The van der Waals surface area contributed by atoms with Gasteiger partial charge in [0.1, 0.15) is 73.0 Å². The monoisotopic (exact) mass is 1160 g/mol. The number of nitrogens with two attached hydrogens (primary N) is 1. The van der Waals surface area contributed by atoms with Crippen LogP contribution >= 0.6 is 0 Å². The Balaban J connectivity index is 1.53. The van der Waals surface area contributed by atoms with Crippen molar-refractivity contribution in [2.45, 2.75) is 216 Å². The quantitative estimate of drug-likeness (QED) is 0.0427. The van der Waals surface area contributed by atoms with Crippen molar-refractivity contribution in [3.8, 4) is 5.75 Å². The second-order valence-electron chi connectivity index (χ2n) is 24.3. The molecule has 0 saturated carbocycles. The van der Waals surface area contributed by atoms with Gasteiger partial charge in [-0.25, -0.2) is 0 Å². The first kappa shape index (κ1) is 67.7. The Hall–Kier alpha value is -5.09. The van der Waals surface area contributed by atoms with E-state index in [0.29, 0.717) is 35.6 Å². The number of carbonyl (C=O) groups excluding carboxylic acids is 7. The molecule has 1 aromatic carbocycles. The number of aliphatic hydroxyl groups is 7. The lowest BCUT2D eigenvalue weighted by molar-refractivity contribution is -0.955. The van der Waals surface area contributed by atoms with Crippen LogP contribution in [0.4, 0.5) is 0 Å². The minimum atomic E-state index is -2.28. The van der Waals surface area contributed by atoms with E-state index < -0.39 is 152 Å². The van der Waals surface area contributed by atoms with Crippen LogP contribution in [0.5, 0.6) is 5.75 Å². The van der Waals surface area contributed by atoms with Gasteiger partial charge in [-0.15, -0.1) is 0 Å². The van der Waals surface area contributed by atoms with Crippen LogP contribution in [0.25, 0.3) is 0 Å². The van der Waals surface area contributed by atoms with Gasteiger partial charge in [0.2, 0.25) is 41.4 Å². The van der Waals surface area contributed by atoms with Crippen molar-refractivity contribution >= 4 is 41.4 Å². The number of quaternary nitrogens is 1. The van der Waals surface area contributed by atoms with E-state index in [4.69, 9.17) is 10.5 Å². The fourth-order valence-electron chi connectivity index (χ4n) is 11.5. The second kappa shape index (κ2) is 31.2. The first-order valence-electron chi connectivity index (χ1n) is 29.5. The smallest absolute Gasteiger partial charge is 0.248 e. The van der Waals surface area contributed by atoms with Gasteiger partial charge in [-0.3, -0.25) is 33.6 Å². The molecule has 0 aliphatic carbocycles. The zero-order chi connectivity index (χ0) is 60.7. The number of phenolic OH excluding ortho intramolecular Hbond substituents is 1. The number of aromatic hydroxyl groups is 1. The number of benzene rings is 1. The third kappa shape index (κ3) is 18.2. The highest BCUT2D eigenvalue weighted by Gasteiger charge is 2.51. The number of fused-ring (bicyclic) bond motifs is 2. The lowest BCUT2D eigenvalue weighted by atomic mass is 9.91. The molecule has 7 amide bonds. The first-order chi connectivity index (χ1) is 38.7. The van der Waals surface area contributed by atoms with Crippen molar-refractivity contribution in [1.29, 1.82) is 0 Å². The van der Waals surface area contributed by atoms with Crippen molar-refractivity contribution in [3.05, 3.63) is 29.8 Å². The number of carbonyl (C=O) groups is 7. The fourth-order valence-corrected chi connectivity index (χ4v) is 11.5. The molecule has 4 saturated heterocycles. The molecule has 0 bridgehead atoms. The summed E-state index contributed by atoms with van der Waals surface area (Å²) >= 11 is 0. The van der Waals surface area contributed by atoms with Crippen LogP contribution in [-0.2, 0) is 38.3 Å². The van der Waals surface area contributed by atoms with Crippen molar-refractivity contribution < 1.29 is 83.6 Å². The molecule has 5 rings (SSSR count). The van der Waals surface area contributed by atoms with E-state index in [1.807, 2.05) is 14.1 Å². The molecule has 0 aromatic heterocycles. The summed E-state index contributed by atoms with van der Waals surface area (Å²) < 4.78 is 6.77. The Morgan fingerprint density at radius 3 is 2.00 bits per heavy atom. The highest BCUT2D eigenvalue weighted by atomic mass is 16.5. The van der Waals surface area contributed by atoms with Crippen LogP contribution in [0.1, 0.15) is 136 Å². The number of aliphatic hydroxyl groups excluding tert-OH is 7. The minimum absolute atomic E-state index is 0.0278. The van der Waals surface area contributed by atoms with Gasteiger partial charge >= 0.3 is 0 Å². The number of phenols is 1. The summed E-state index contributed by atoms with van der Waals surface area (Å²) in [4.78, 5) is 104. The van der Waals surface area contributed by atoms with E-state index >= 15 is 0 Å². The van der Waals surface area contributed by atoms with Gasteiger partial charge in [-0.1, -0.05) is 84.8 Å². The summed E-state index contributed by atoms with van der Waals surface area (Å²) in [6.45, 7) is 9.11. The normalized spacial score (nSPS) is 30.9. The molecule has 15 N–H and O–H groups in total. The van der Waals surface area contributed by atoms with Gasteiger partial charge in [0, 0.05) is 38.3 Å². The van der Waals surface area contributed by atoms with Crippen molar-refractivity contribution in [3.63, 3.8) is 0 Å². The molecule has 25 nitrogen and oxygen atoms in total. The average molecular weight is 1160 g/mol. The molecule has 18 atom stereocenters. The maximum Gasteiger partial charge on any atom is 0.248 e. The molecule has 82 heavy (non-hydrogen) atoms. The second-order valence-corrected chi connectivity index (χ2v) is 24.3. The molecule has 4 aliphatic heterocycles. The van der Waals surface area contributed by atoms with E-state index in [0.717, 1.165) is 54.9 Å². The van der Waals surface area contributed by atoms with Gasteiger partial charge in [0.15, 0.2) is 6.23 Å². The highest BCUT2D eigenvalue weighted by molar-refractivity contribution is 5.98. The summed E-state index contributed by atoms with van der Waals surface area (Å²) in [7, 11) is 3.92. The molecule has 0 spiro atoms. The van der Waals surface area contributed by atoms with Crippen LogP contribution in [0.15, 0.2) is 24.3 Å². The van der Waals surface area contributed by atoms with Gasteiger partial charge in [-0.2, -0.15) is 0 Å². The topological polar surface area (TPSA) is 383 Å². The summed E-state index contributed by atoms with van der Waals surface area (Å²) in [6, 6.07) is -6.59. The Kier molecular flexibility index (Phi) is 25.7. The minimum Gasteiger partial charge on any atom is -0.508 e. The summed E-state index contributed by atoms with van der Waals surface area (Å²) in [5.41, 5.74) is 5.76. The van der Waals surface area contributed by atoms with Gasteiger partial charge < -0.3 is 92.2 Å². The number of likely N-dealkylation sites (tertiary alicyclic amines) is 1. The molecule has 1 aromatic rings. The number of amides is 7. The lowest BCUT2D eigenvalue weighted by Gasteiger charge is -2.47. The molecular weight excluding hydrogens is 1070 g/mol. The van der Waals surface area contributed by atoms with E-state index in [1.54, 1.807) is 0 Å². The molecule has 4 heterocycles. The summed E-state index contributed by atoms with van der Waals surface area (Å²) in [5.74, 6) is -7.25. The number of unbranched alkanes of at least 4 members (excludes halogenated alkanes) is 5. The zero-order valence-electron chi connectivity index (χ0n) is 48.9.